The van der Waals surface area contributed by atoms with Crippen LogP contribution in [0.2, 0.25) is 0 Å². The predicted octanol–water partition coefficient (Wildman–Crippen LogP) is -0.0983. The second kappa shape index (κ2) is 5.28. The minimum Gasteiger partial charge on any atom is -0.468 e. The highest BCUT2D eigenvalue weighted by Crippen LogP contribution is 2.12. The zero-order valence-electron chi connectivity index (χ0n) is 9.93. The second-order valence-corrected chi connectivity index (χ2v) is 5.25. The molecule has 17 heavy (non-hydrogen) atoms. The van der Waals surface area contributed by atoms with E-state index in [1.165, 1.54) is 13.3 Å². The molecule has 0 aliphatic heterocycles. The number of sulfonamides is 1. The van der Waals surface area contributed by atoms with E-state index < -0.39 is 16.0 Å². The van der Waals surface area contributed by atoms with Gasteiger partial charge in [-0.3, -0.25) is 4.79 Å². The lowest BCUT2D eigenvalue weighted by atomic mass is 10.6. The van der Waals surface area contributed by atoms with E-state index >= 15 is 0 Å². The summed E-state index contributed by atoms with van der Waals surface area (Å²) in [5.41, 5.74) is 0. The van der Waals surface area contributed by atoms with Crippen molar-refractivity contribution in [3.8, 4) is 0 Å². The van der Waals surface area contributed by atoms with Gasteiger partial charge >= 0.3 is 5.97 Å². The third kappa shape index (κ3) is 3.04. The molecule has 96 valence electrons. The van der Waals surface area contributed by atoms with E-state index in [1.54, 1.807) is 13.8 Å². The fourth-order valence-electron chi connectivity index (χ4n) is 1.24. The Morgan fingerprint density at radius 2 is 2.24 bits per heavy atom. The highest BCUT2D eigenvalue weighted by atomic mass is 32.2. The molecule has 0 aliphatic carbocycles. The van der Waals surface area contributed by atoms with Gasteiger partial charge in [0, 0.05) is 6.54 Å². The van der Waals surface area contributed by atoms with Crippen LogP contribution in [0.15, 0.2) is 11.2 Å². The molecule has 0 saturated heterocycles. The van der Waals surface area contributed by atoms with Crippen molar-refractivity contribution >= 4 is 16.0 Å². The fraction of sp³-hybridized carbons (Fsp3) is 0.556. The number of nitrogens with one attached hydrogen (secondary N) is 1. The number of likely N-dealkylation sites (N-methyl/N-ethyl adjacent to an activating group) is 1. The first-order valence-corrected chi connectivity index (χ1v) is 6.44. The SMILES string of the molecule is CCN(CC(=O)OC)S(=O)(=O)c1cnc(C)[nH]1. The van der Waals surface area contributed by atoms with Crippen molar-refractivity contribution in [2.24, 2.45) is 0 Å². The number of carbonyl (C=O) groups excluding carboxylic acids is 1. The maximum absolute atomic E-state index is 12.1. The molecule has 0 amide bonds. The Bertz CT molecular complexity index is 494. The van der Waals surface area contributed by atoms with Crippen LogP contribution < -0.4 is 0 Å². The number of aryl methyl sites for hydroxylation is 1. The minimum atomic E-state index is -3.72. The quantitative estimate of drug-likeness (QED) is 0.747. The Morgan fingerprint density at radius 1 is 1.59 bits per heavy atom. The van der Waals surface area contributed by atoms with Crippen molar-refractivity contribution in [3.05, 3.63) is 12.0 Å². The molecule has 0 aliphatic rings. The molecule has 1 N–H and O–H groups in total. The van der Waals surface area contributed by atoms with Crippen LogP contribution in [-0.4, -0.2) is 48.9 Å². The van der Waals surface area contributed by atoms with Crippen molar-refractivity contribution in [2.45, 2.75) is 18.9 Å². The van der Waals surface area contributed by atoms with Crippen LogP contribution in [0.3, 0.4) is 0 Å². The maximum Gasteiger partial charge on any atom is 0.321 e. The topological polar surface area (TPSA) is 92.4 Å². The molecular formula is C9H15N3O4S. The van der Waals surface area contributed by atoms with Gasteiger partial charge in [0.25, 0.3) is 10.0 Å². The Hall–Kier alpha value is -1.41. The zero-order chi connectivity index (χ0) is 13.1. The van der Waals surface area contributed by atoms with Crippen molar-refractivity contribution in [1.29, 1.82) is 0 Å². The summed E-state index contributed by atoms with van der Waals surface area (Å²) in [6, 6.07) is 0. The summed E-state index contributed by atoms with van der Waals surface area (Å²) in [6.45, 7) is 3.15. The number of H-pyrrole nitrogens is 1. The zero-order valence-corrected chi connectivity index (χ0v) is 10.7. The summed E-state index contributed by atoms with van der Waals surface area (Å²) >= 11 is 0. The molecule has 0 saturated carbocycles. The van der Waals surface area contributed by atoms with Gasteiger partial charge < -0.3 is 9.72 Å². The number of aromatic nitrogens is 2. The van der Waals surface area contributed by atoms with Gasteiger partial charge in [0.15, 0.2) is 5.03 Å². The molecule has 1 aromatic rings. The molecular weight excluding hydrogens is 246 g/mol. The van der Waals surface area contributed by atoms with Crippen LogP contribution in [0.5, 0.6) is 0 Å². The fourth-order valence-corrected chi connectivity index (χ4v) is 2.60. The number of rotatable bonds is 5. The lowest BCUT2D eigenvalue weighted by Crippen LogP contribution is -2.36. The van der Waals surface area contributed by atoms with E-state index in [1.807, 2.05) is 0 Å². The number of methoxy groups -OCH3 is 1. The normalized spacial score (nSPS) is 11.8. The molecule has 0 radical (unpaired) electrons. The number of ether oxygens (including phenoxy) is 1. The van der Waals surface area contributed by atoms with E-state index in [0.717, 1.165) is 4.31 Å². The van der Waals surface area contributed by atoms with Crippen LogP contribution >= 0.6 is 0 Å². The van der Waals surface area contributed by atoms with Gasteiger partial charge in [-0.2, -0.15) is 4.31 Å². The van der Waals surface area contributed by atoms with Gasteiger partial charge in [0.2, 0.25) is 0 Å². The number of hydrogen-bond acceptors (Lipinski definition) is 5. The molecule has 1 heterocycles. The van der Waals surface area contributed by atoms with Crippen molar-refractivity contribution in [2.75, 3.05) is 20.2 Å². The third-order valence-corrected chi connectivity index (χ3v) is 4.01. The Kier molecular flexibility index (Phi) is 4.24. The summed E-state index contributed by atoms with van der Waals surface area (Å²) in [7, 11) is -2.51. The summed E-state index contributed by atoms with van der Waals surface area (Å²) in [5.74, 6) is -0.107. The first-order chi connectivity index (χ1) is 7.91. The summed E-state index contributed by atoms with van der Waals surface area (Å²) in [6.07, 6.45) is 1.23. The van der Waals surface area contributed by atoms with Gasteiger partial charge in [-0.1, -0.05) is 6.92 Å². The number of nitrogens with zero attached hydrogens (tertiary/aromatic N) is 2. The Morgan fingerprint density at radius 3 is 2.65 bits per heavy atom. The molecule has 0 atom stereocenters. The Labute approximate surface area is 99.8 Å². The molecule has 7 nitrogen and oxygen atoms in total. The van der Waals surface area contributed by atoms with Gasteiger partial charge in [-0.15, -0.1) is 0 Å². The van der Waals surface area contributed by atoms with E-state index in [0.29, 0.717) is 5.82 Å². The highest BCUT2D eigenvalue weighted by molar-refractivity contribution is 7.89. The average molecular weight is 261 g/mol. The van der Waals surface area contributed by atoms with E-state index in [4.69, 9.17) is 0 Å². The van der Waals surface area contributed by atoms with Crippen LogP contribution in [-0.2, 0) is 19.6 Å². The Balaban J connectivity index is 2.98. The monoisotopic (exact) mass is 261 g/mol. The third-order valence-electron chi connectivity index (χ3n) is 2.18. The minimum absolute atomic E-state index is 0.0271. The number of aromatic amines is 1. The highest BCUT2D eigenvalue weighted by Gasteiger charge is 2.27. The number of esters is 1. The van der Waals surface area contributed by atoms with Gasteiger partial charge in [-0.05, 0) is 6.92 Å². The smallest absolute Gasteiger partial charge is 0.321 e. The van der Waals surface area contributed by atoms with Crippen LogP contribution in [0.4, 0.5) is 0 Å². The van der Waals surface area contributed by atoms with Gasteiger partial charge in [0.05, 0.1) is 13.3 Å². The van der Waals surface area contributed by atoms with E-state index in [-0.39, 0.29) is 18.1 Å². The van der Waals surface area contributed by atoms with Crippen molar-refractivity contribution in [3.63, 3.8) is 0 Å². The number of imidazole rings is 1. The number of carbonyl (C=O) groups is 1. The summed E-state index contributed by atoms with van der Waals surface area (Å²) in [5, 5.41) is -0.0271. The predicted molar refractivity (Wildman–Crippen MR) is 59.8 cm³/mol. The first kappa shape index (κ1) is 13.7. The molecule has 0 bridgehead atoms. The number of hydrogen-bond donors (Lipinski definition) is 1. The van der Waals surface area contributed by atoms with E-state index in [9.17, 15) is 13.2 Å². The van der Waals surface area contributed by atoms with Crippen molar-refractivity contribution < 1.29 is 17.9 Å². The molecule has 1 aromatic heterocycles. The summed E-state index contributed by atoms with van der Waals surface area (Å²) in [4.78, 5) is 17.6. The molecule has 8 heteroatoms. The van der Waals surface area contributed by atoms with Gasteiger partial charge in [-0.25, -0.2) is 13.4 Å². The lowest BCUT2D eigenvalue weighted by molar-refractivity contribution is -0.140. The first-order valence-electron chi connectivity index (χ1n) is 5.00. The van der Waals surface area contributed by atoms with E-state index in [2.05, 4.69) is 14.7 Å². The summed E-state index contributed by atoms with van der Waals surface area (Å²) < 4.78 is 29.6. The van der Waals surface area contributed by atoms with Crippen molar-refractivity contribution in [1.82, 2.24) is 14.3 Å². The molecule has 0 unspecified atom stereocenters. The standard InChI is InChI=1S/C9H15N3O4S/c1-4-12(6-9(13)16-3)17(14,15)8-5-10-7(2)11-8/h5H,4,6H2,1-3H3,(H,10,11). The molecule has 0 aromatic carbocycles. The van der Waals surface area contributed by atoms with Crippen LogP contribution in [0.25, 0.3) is 0 Å². The van der Waals surface area contributed by atoms with Crippen LogP contribution in [0, 0.1) is 6.92 Å². The molecule has 0 spiro atoms. The lowest BCUT2D eigenvalue weighted by Gasteiger charge is -2.17. The average Bonchev–Trinajstić information content (AvgIpc) is 2.72. The molecule has 1 rings (SSSR count). The largest absolute Gasteiger partial charge is 0.468 e. The van der Waals surface area contributed by atoms with Crippen LogP contribution in [0.1, 0.15) is 12.7 Å². The maximum atomic E-state index is 12.1. The van der Waals surface area contributed by atoms with Gasteiger partial charge in [0.1, 0.15) is 12.4 Å². The second-order valence-electron chi connectivity index (χ2n) is 3.34. The molecule has 0 fully saturated rings.